The van der Waals surface area contributed by atoms with Crippen LogP contribution in [0.4, 0.5) is 0 Å². The molecule has 0 unspecified atom stereocenters. The Morgan fingerprint density at radius 1 is 1.13 bits per heavy atom. The van der Waals surface area contributed by atoms with Gasteiger partial charge in [0.05, 0.1) is 12.0 Å². The van der Waals surface area contributed by atoms with Gasteiger partial charge in [0, 0.05) is 65.5 Å². The summed E-state index contributed by atoms with van der Waals surface area (Å²) in [6.07, 6.45) is 3.28. The predicted octanol–water partition coefficient (Wildman–Crippen LogP) is 1.37. The van der Waals surface area contributed by atoms with Crippen LogP contribution in [0.1, 0.15) is 24.8 Å². The third kappa shape index (κ3) is 6.65. The number of likely N-dealkylation sites (tertiary alicyclic amines) is 1. The Morgan fingerprint density at radius 3 is 2.61 bits per heavy atom. The van der Waals surface area contributed by atoms with E-state index in [4.69, 9.17) is 4.74 Å². The summed E-state index contributed by atoms with van der Waals surface area (Å²) < 4.78 is 5.67. The van der Waals surface area contributed by atoms with E-state index in [1.54, 1.807) is 12.1 Å². The molecular formula is C24H38N4O3. The van der Waals surface area contributed by atoms with Gasteiger partial charge in [0.15, 0.2) is 0 Å². The lowest BCUT2D eigenvalue weighted by Gasteiger charge is -2.41. The number of carbonyl (C=O) groups is 1. The van der Waals surface area contributed by atoms with Crippen LogP contribution in [0, 0.1) is 11.8 Å². The van der Waals surface area contributed by atoms with Gasteiger partial charge in [-0.25, -0.2) is 0 Å². The molecule has 7 heteroatoms. The number of piperidine rings is 1. The molecule has 1 amide bonds. The molecule has 3 atom stereocenters. The van der Waals surface area contributed by atoms with Crippen molar-refractivity contribution in [1.82, 2.24) is 20.0 Å². The van der Waals surface area contributed by atoms with Crippen LogP contribution in [0.5, 0.6) is 5.75 Å². The molecular weight excluding hydrogens is 392 g/mol. The van der Waals surface area contributed by atoms with Crippen LogP contribution in [0.15, 0.2) is 24.3 Å². The molecule has 1 aromatic rings. The highest BCUT2D eigenvalue weighted by Crippen LogP contribution is 2.26. The number of piperazine rings is 1. The molecule has 0 radical (unpaired) electrons. The van der Waals surface area contributed by atoms with E-state index in [0.717, 1.165) is 78.2 Å². The smallest absolute Gasteiger partial charge is 0.224 e. The summed E-state index contributed by atoms with van der Waals surface area (Å²) in [6, 6.07) is 7.44. The fraction of sp³-hybridized carbons (Fsp3) is 0.708. The van der Waals surface area contributed by atoms with Gasteiger partial charge in [-0.05, 0) is 49.9 Å². The van der Waals surface area contributed by atoms with Gasteiger partial charge in [-0.3, -0.25) is 9.69 Å². The molecule has 172 valence electrons. The zero-order chi connectivity index (χ0) is 21.6. The molecule has 0 bridgehead atoms. The van der Waals surface area contributed by atoms with E-state index in [-0.39, 0.29) is 17.9 Å². The second-order valence-corrected chi connectivity index (χ2v) is 9.64. The SMILES string of the molecule is CN1CCN(C[C@H]2C[C@@H](C(=O)NC[C@H]3CCCO3)CN(Cc3ccc(O)cc3)C2)CC1. The summed E-state index contributed by atoms with van der Waals surface area (Å²) >= 11 is 0. The lowest BCUT2D eigenvalue weighted by atomic mass is 9.87. The quantitative estimate of drug-likeness (QED) is 0.681. The van der Waals surface area contributed by atoms with Crippen LogP contribution < -0.4 is 5.32 Å². The molecule has 0 saturated carbocycles. The van der Waals surface area contributed by atoms with Crippen molar-refractivity contribution in [3.8, 4) is 5.75 Å². The number of amides is 1. The number of hydrogen-bond donors (Lipinski definition) is 2. The highest BCUT2D eigenvalue weighted by Gasteiger charge is 2.33. The van der Waals surface area contributed by atoms with Crippen molar-refractivity contribution < 1.29 is 14.6 Å². The Bertz CT molecular complexity index is 699. The van der Waals surface area contributed by atoms with Crippen LogP contribution in [0.2, 0.25) is 0 Å². The van der Waals surface area contributed by atoms with Gasteiger partial charge in [0.2, 0.25) is 5.91 Å². The van der Waals surface area contributed by atoms with Crippen molar-refractivity contribution in [2.45, 2.75) is 31.9 Å². The molecule has 3 aliphatic heterocycles. The monoisotopic (exact) mass is 430 g/mol. The van der Waals surface area contributed by atoms with Gasteiger partial charge < -0.3 is 25.0 Å². The van der Waals surface area contributed by atoms with Gasteiger partial charge in [-0.1, -0.05) is 12.1 Å². The Morgan fingerprint density at radius 2 is 1.90 bits per heavy atom. The maximum Gasteiger partial charge on any atom is 0.224 e. The molecule has 1 aromatic carbocycles. The molecule has 3 fully saturated rings. The summed E-state index contributed by atoms with van der Waals surface area (Å²) in [4.78, 5) is 20.4. The van der Waals surface area contributed by atoms with E-state index in [1.807, 2.05) is 12.1 Å². The summed E-state index contributed by atoms with van der Waals surface area (Å²) in [6.45, 7) is 9.60. The van der Waals surface area contributed by atoms with Gasteiger partial charge in [-0.15, -0.1) is 0 Å². The number of phenolic OH excluding ortho intramolecular Hbond substituents is 1. The molecule has 7 nitrogen and oxygen atoms in total. The van der Waals surface area contributed by atoms with Crippen molar-refractivity contribution in [2.75, 3.05) is 66.0 Å². The first kappa shape index (κ1) is 22.5. The average molecular weight is 431 g/mol. The Balaban J connectivity index is 1.36. The zero-order valence-electron chi connectivity index (χ0n) is 18.8. The number of hydrogen-bond acceptors (Lipinski definition) is 6. The molecule has 4 rings (SSSR count). The van der Waals surface area contributed by atoms with Gasteiger partial charge >= 0.3 is 0 Å². The van der Waals surface area contributed by atoms with E-state index < -0.39 is 0 Å². The number of benzene rings is 1. The van der Waals surface area contributed by atoms with Crippen LogP contribution in [0.25, 0.3) is 0 Å². The standard InChI is InChI=1S/C24H38N4O3/c1-26-8-10-27(11-9-26)16-20-13-21(24(30)25-14-23-3-2-12-31-23)18-28(17-20)15-19-4-6-22(29)7-5-19/h4-7,20-21,23,29H,2-3,8-18H2,1H3,(H,25,30)/t20-,21-,23-/m1/s1. The van der Waals surface area contributed by atoms with Crippen LogP contribution in [0.3, 0.4) is 0 Å². The van der Waals surface area contributed by atoms with Crippen molar-refractivity contribution >= 4 is 5.91 Å². The minimum atomic E-state index is 0.0183. The molecule has 0 spiro atoms. The number of aromatic hydroxyl groups is 1. The highest BCUT2D eigenvalue weighted by molar-refractivity contribution is 5.79. The number of rotatable bonds is 7. The Hall–Kier alpha value is -1.67. The van der Waals surface area contributed by atoms with Gasteiger partial charge in [0.1, 0.15) is 5.75 Å². The number of likely N-dealkylation sites (N-methyl/N-ethyl adjacent to an activating group) is 1. The van der Waals surface area contributed by atoms with Crippen molar-refractivity contribution in [3.63, 3.8) is 0 Å². The van der Waals surface area contributed by atoms with Crippen LogP contribution in [-0.4, -0.2) is 97.8 Å². The first-order valence-electron chi connectivity index (χ1n) is 11.9. The second-order valence-electron chi connectivity index (χ2n) is 9.64. The fourth-order valence-electron chi connectivity index (χ4n) is 5.17. The average Bonchev–Trinajstić information content (AvgIpc) is 3.29. The van der Waals surface area contributed by atoms with Gasteiger partial charge in [0.25, 0.3) is 0 Å². The topological polar surface area (TPSA) is 68.3 Å². The van der Waals surface area contributed by atoms with Crippen molar-refractivity contribution in [1.29, 1.82) is 0 Å². The number of carbonyl (C=O) groups excluding carboxylic acids is 1. The van der Waals surface area contributed by atoms with E-state index in [1.165, 1.54) is 5.56 Å². The number of ether oxygens (including phenoxy) is 1. The van der Waals surface area contributed by atoms with E-state index in [2.05, 4.69) is 27.1 Å². The first-order chi connectivity index (χ1) is 15.0. The minimum absolute atomic E-state index is 0.0183. The molecule has 31 heavy (non-hydrogen) atoms. The first-order valence-corrected chi connectivity index (χ1v) is 11.9. The Labute approximate surface area is 186 Å². The zero-order valence-corrected chi connectivity index (χ0v) is 18.8. The molecule has 2 N–H and O–H groups in total. The summed E-state index contributed by atoms with van der Waals surface area (Å²) in [5, 5.41) is 12.8. The van der Waals surface area contributed by atoms with Crippen molar-refractivity contribution in [3.05, 3.63) is 29.8 Å². The second kappa shape index (κ2) is 10.8. The third-order valence-corrected chi connectivity index (χ3v) is 6.97. The summed E-state index contributed by atoms with van der Waals surface area (Å²) in [5.74, 6) is 0.980. The third-order valence-electron chi connectivity index (χ3n) is 6.97. The Kier molecular flexibility index (Phi) is 7.82. The van der Waals surface area contributed by atoms with Gasteiger partial charge in [-0.2, -0.15) is 0 Å². The molecule has 3 saturated heterocycles. The predicted molar refractivity (Wildman–Crippen MR) is 121 cm³/mol. The van der Waals surface area contributed by atoms with E-state index >= 15 is 0 Å². The number of nitrogens with zero attached hydrogens (tertiary/aromatic N) is 3. The lowest BCUT2D eigenvalue weighted by molar-refractivity contribution is -0.128. The summed E-state index contributed by atoms with van der Waals surface area (Å²) in [5.41, 5.74) is 1.18. The maximum absolute atomic E-state index is 13.0. The van der Waals surface area contributed by atoms with Crippen LogP contribution in [-0.2, 0) is 16.1 Å². The highest BCUT2D eigenvalue weighted by atomic mass is 16.5. The minimum Gasteiger partial charge on any atom is -0.508 e. The normalized spacial score (nSPS) is 28.6. The fourth-order valence-corrected chi connectivity index (χ4v) is 5.17. The molecule has 3 heterocycles. The van der Waals surface area contributed by atoms with Crippen molar-refractivity contribution in [2.24, 2.45) is 11.8 Å². The number of phenols is 1. The van der Waals surface area contributed by atoms with Crippen LogP contribution >= 0.6 is 0 Å². The lowest BCUT2D eigenvalue weighted by Crippen LogP contribution is -2.51. The molecule has 0 aromatic heterocycles. The van der Waals surface area contributed by atoms with E-state index in [0.29, 0.717) is 18.2 Å². The molecule has 0 aliphatic carbocycles. The summed E-state index contributed by atoms with van der Waals surface area (Å²) in [7, 11) is 2.19. The maximum atomic E-state index is 13.0. The number of nitrogens with one attached hydrogen (secondary N) is 1. The largest absolute Gasteiger partial charge is 0.508 e. The molecule has 3 aliphatic rings. The van der Waals surface area contributed by atoms with E-state index in [9.17, 15) is 9.90 Å².